The lowest BCUT2D eigenvalue weighted by molar-refractivity contribution is 0.0463. The van der Waals surface area contributed by atoms with Crippen LogP contribution in [0.15, 0.2) is 12.1 Å². The van der Waals surface area contributed by atoms with Gasteiger partial charge in [0.25, 0.3) is 0 Å². The minimum absolute atomic E-state index is 0.226. The van der Waals surface area contributed by atoms with Gasteiger partial charge >= 0.3 is 5.97 Å². The molecule has 0 bridgehead atoms. The Labute approximate surface area is 103 Å². The lowest BCUT2D eigenvalue weighted by Gasteiger charge is -2.24. The largest absolute Gasteiger partial charge is 0.462 e. The molecule has 0 radical (unpaired) electrons. The second-order valence-corrected chi connectivity index (χ2v) is 4.48. The molecule has 98 valence electrons. The lowest BCUT2D eigenvalue weighted by atomic mass is 9.83. The maximum Gasteiger partial charge on any atom is 0.338 e. The van der Waals surface area contributed by atoms with Crippen LogP contribution in [0.1, 0.15) is 36.0 Å². The SMILES string of the molecule is O=C(OCCC1CCC1)c1cc(F)c(F)c(F)c1. The van der Waals surface area contributed by atoms with E-state index in [0.29, 0.717) is 18.1 Å². The summed E-state index contributed by atoms with van der Waals surface area (Å²) in [6.45, 7) is 0.226. The summed E-state index contributed by atoms with van der Waals surface area (Å²) in [5.41, 5.74) is -0.306. The Kier molecular flexibility index (Phi) is 3.89. The average molecular weight is 258 g/mol. The smallest absolute Gasteiger partial charge is 0.338 e. The van der Waals surface area contributed by atoms with E-state index in [1.807, 2.05) is 0 Å². The summed E-state index contributed by atoms with van der Waals surface area (Å²) in [5.74, 6) is -4.60. The Morgan fingerprint density at radius 2 is 1.83 bits per heavy atom. The summed E-state index contributed by atoms with van der Waals surface area (Å²) in [6, 6.07) is 1.29. The van der Waals surface area contributed by atoms with E-state index in [0.717, 1.165) is 19.3 Å². The van der Waals surface area contributed by atoms with Gasteiger partial charge in [0.05, 0.1) is 12.2 Å². The first-order chi connectivity index (χ1) is 8.58. The highest BCUT2D eigenvalue weighted by molar-refractivity contribution is 5.89. The van der Waals surface area contributed by atoms with Crippen molar-refractivity contribution >= 4 is 5.97 Å². The molecule has 0 heterocycles. The highest BCUT2D eigenvalue weighted by Gasteiger charge is 2.19. The summed E-state index contributed by atoms with van der Waals surface area (Å²) >= 11 is 0. The van der Waals surface area contributed by atoms with Crippen LogP contribution in [0.25, 0.3) is 0 Å². The predicted octanol–water partition coefficient (Wildman–Crippen LogP) is 3.45. The van der Waals surface area contributed by atoms with Crippen LogP contribution in [0.4, 0.5) is 13.2 Å². The van der Waals surface area contributed by atoms with Gasteiger partial charge in [-0.25, -0.2) is 18.0 Å². The van der Waals surface area contributed by atoms with Crippen LogP contribution < -0.4 is 0 Å². The number of hydrogen-bond acceptors (Lipinski definition) is 2. The van der Waals surface area contributed by atoms with Gasteiger partial charge in [-0.3, -0.25) is 0 Å². The molecule has 0 N–H and O–H groups in total. The van der Waals surface area contributed by atoms with E-state index in [2.05, 4.69) is 0 Å². The maximum atomic E-state index is 12.9. The number of ether oxygens (including phenoxy) is 1. The van der Waals surface area contributed by atoms with Crippen molar-refractivity contribution in [2.45, 2.75) is 25.7 Å². The van der Waals surface area contributed by atoms with Gasteiger partial charge in [0, 0.05) is 0 Å². The van der Waals surface area contributed by atoms with E-state index in [1.165, 1.54) is 6.42 Å². The minimum atomic E-state index is -1.58. The molecule has 1 aliphatic carbocycles. The Morgan fingerprint density at radius 1 is 1.22 bits per heavy atom. The Hall–Kier alpha value is -1.52. The highest BCUT2D eigenvalue weighted by atomic mass is 19.2. The molecule has 0 atom stereocenters. The fourth-order valence-electron chi connectivity index (χ4n) is 1.86. The van der Waals surface area contributed by atoms with Crippen LogP contribution in [0.5, 0.6) is 0 Å². The van der Waals surface area contributed by atoms with E-state index in [-0.39, 0.29) is 12.2 Å². The quantitative estimate of drug-likeness (QED) is 0.610. The van der Waals surface area contributed by atoms with Crippen molar-refractivity contribution in [2.24, 2.45) is 5.92 Å². The number of hydrogen-bond donors (Lipinski definition) is 0. The zero-order valence-corrected chi connectivity index (χ0v) is 9.72. The Morgan fingerprint density at radius 3 is 2.33 bits per heavy atom. The van der Waals surface area contributed by atoms with Gasteiger partial charge < -0.3 is 4.74 Å². The zero-order chi connectivity index (χ0) is 13.1. The van der Waals surface area contributed by atoms with Crippen LogP contribution in [0, 0.1) is 23.4 Å². The van der Waals surface area contributed by atoms with E-state index >= 15 is 0 Å². The van der Waals surface area contributed by atoms with Crippen molar-refractivity contribution in [3.63, 3.8) is 0 Å². The van der Waals surface area contributed by atoms with Gasteiger partial charge in [-0.05, 0) is 24.5 Å². The summed E-state index contributed by atoms with van der Waals surface area (Å²) in [5, 5.41) is 0. The topological polar surface area (TPSA) is 26.3 Å². The molecule has 0 unspecified atom stereocenters. The summed E-state index contributed by atoms with van der Waals surface area (Å²) in [4.78, 5) is 11.5. The lowest BCUT2D eigenvalue weighted by Crippen LogP contribution is -2.15. The second kappa shape index (κ2) is 5.42. The molecule has 0 aromatic heterocycles. The molecule has 0 amide bonds. The highest BCUT2D eigenvalue weighted by Crippen LogP contribution is 2.29. The molecule has 1 saturated carbocycles. The van der Waals surface area contributed by atoms with Crippen LogP contribution in [-0.4, -0.2) is 12.6 Å². The first kappa shape index (κ1) is 12.9. The first-order valence-electron chi connectivity index (χ1n) is 5.89. The van der Waals surface area contributed by atoms with Crippen molar-refractivity contribution in [3.05, 3.63) is 35.1 Å². The molecule has 2 rings (SSSR count). The normalized spacial score (nSPS) is 15.3. The van der Waals surface area contributed by atoms with Crippen LogP contribution in [0.3, 0.4) is 0 Å². The second-order valence-electron chi connectivity index (χ2n) is 4.48. The molecule has 1 aliphatic rings. The van der Waals surface area contributed by atoms with Gasteiger partial charge in [-0.1, -0.05) is 19.3 Å². The standard InChI is InChI=1S/C13H13F3O2/c14-10-6-9(7-11(15)12(10)16)13(17)18-5-4-8-2-1-3-8/h6-8H,1-5H2. The molecule has 2 nitrogen and oxygen atoms in total. The third-order valence-corrected chi connectivity index (χ3v) is 3.20. The Balaban J connectivity index is 1.91. The summed E-state index contributed by atoms with van der Waals surface area (Å²) < 4.78 is 43.4. The molecule has 1 fully saturated rings. The average Bonchev–Trinajstić information content (AvgIpc) is 2.28. The fourth-order valence-corrected chi connectivity index (χ4v) is 1.86. The third-order valence-electron chi connectivity index (χ3n) is 3.20. The minimum Gasteiger partial charge on any atom is -0.462 e. The van der Waals surface area contributed by atoms with Crippen LogP contribution in [-0.2, 0) is 4.74 Å². The number of halogens is 3. The molecule has 1 aromatic carbocycles. The monoisotopic (exact) mass is 258 g/mol. The number of esters is 1. The molecule has 18 heavy (non-hydrogen) atoms. The van der Waals surface area contributed by atoms with Gasteiger partial charge in [-0.15, -0.1) is 0 Å². The van der Waals surface area contributed by atoms with Gasteiger partial charge in [0.2, 0.25) is 0 Å². The van der Waals surface area contributed by atoms with E-state index in [9.17, 15) is 18.0 Å². The van der Waals surface area contributed by atoms with Crippen molar-refractivity contribution in [2.75, 3.05) is 6.61 Å². The maximum absolute atomic E-state index is 12.9. The molecule has 1 aromatic rings. The number of benzene rings is 1. The van der Waals surface area contributed by atoms with Gasteiger partial charge in [0.1, 0.15) is 0 Å². The zero-order valence-electron chi connectivity index (χ0n) is 9.72. The number of rotatable bonds is 4. The molecular formula is C13H13F3O2. The molecule has 5 heteroatoms. The van der Waals surface area contributed by atoms with Crippen LogP contribution in [0.2, 0.25) is 0 Å². The third kappa shape index (κ3) is 2.83. The van der Waals surface area contributed by atoms with E-state index in [1.54, 1.807) is 0 Å². The van der Waals surface area contributed by atoms with Crippen molar-refractivity contribution < 1.29 is 22.7 Å². The molecule has 0 saturated heterocycles. The summed E-state index contributed by atoms with van der Waals surface area (Å²) in [6.07, 6.45) is 4.24. The number of carbonyl (C=O) groups excluding carboxylic acids is 1. The predicted molar refractivity (Wildman–Crippen MR) is 58.6 cm³/mol. The van der Waals surface area contributed by atoms with E-state index < -0.39 is 23.4 Å². The number of carbonyl (C=O) groups is 1. The van der Waals surface area contributed by atoms with Crippen molar-refractivity contribution in [3.8, 4) is 0 Å². The fraction of sp³-hybridized carbons (Fsp3) is 0.462. The van der Waals surface area contributed by atoms with Crippen molar-refractivity contribution in [1.29, 1.82) is 0 Å². The van der Waals surface area contributed by atoms with Crippen molar-refractivity contribution in [1.82, 2.24) is 0 Å². The molecule has 0 spiro atoms. The molecule has 0 aliphatic heterocycles. The van der Waals surface area contributed by atoms with Crippen LogP contribution >= 0.6 is 0 Å². The van der Waals surface area contributed by atoms with Gasteiger partial charge in [0.15, 0.2) is 17.5 Å². The van der Waals surface area contributed by atoms with E-state index in [4.69, 9.17) is 4.74 Å². The van der Waals surface area contributed by atoms with Gasteiger partial charge in [-0.2, -0.15) is 0 Å². The molecular weight excluding hydrogens is 245 g/mol. The first-order valence-corrected chi connectivity index (χ1v) is 5.89. The summed E-state index contributed by atoms with van der Waals surface area (Å²) in [7, 11) is 0. The Bertz CT molecular complexity index is 433.